The SMILES string of the molecule is COCCOCCC1(C(C)Br)CC1. The van der Waals surface area contributed by atoms with E-state index < -0.39 is 0 Å². The second kappa shape index (κ2) is 5.32. The monoisotopic (exact) mass is 250 g/mol. The van der Waals surface area contributed by atoms with Crippen molar-refractivity contribution in [1.82, 2.24) is 0 Å². The summed E-state index contributed by atoms with van der Waals surface area (Å²) in [6.07, 6.45) is 3.89. The molecule has 1 saturated carbocycles. The van der Waals surface area contributed by atoms with Crippen molar-refractivity contribution in [3.8, 4) is 0 Å². The van der Waals surface area contributed by atoms with Gasteiger partial charge in [0, 0.05) is 18.5 Å². The minimum absolute atomic E-state index is 0.549. The Morgan fingerprint density at radius 2 is 2.00 bits per heavy atom. The molecular formula is C10H19BrO2. The first-order valence-corrected chi connectivity index (χ1v) is 5.83. The van der Waals surface area contributed by atoms with Gasteiger partial charge in [-0.15, -0.1) is 0 Å². The minimum atomic E-state index is 0.549. The van der Waals surface area contributed by atoms with Crippen LogP contribution in [0.1, 0.15) is 26.2 Å². The van der Waals surface area contributed by atoms with Gasteiger partial charge in [-0.05, 0) is 24.7 Å². The van der Waals surface area contributed by atoms with Crippen molar-refractivity contribution in [2.24, 2.45) is 5.41 Å². The quantitative estimate of drug-likeness (QED) is 0.511. The zero-order valence-electron chi connectivity index (χ0n) is 8.51. The summed E-state index contributed by atoms with van der Waals surface area (Å²) in [7, 11) is 1.70. The summed E-state index contributed by atoms with van der Waals surface area (Å²) in [4.78, 5) is 0.631. The first-order chi connectivity index (χ1) is 6.21. The molecule has 0 aromatic rings. The molecular weight excluding hydrogens is 232 g/mol. The molecule has 1 fully saturated rings. The molecule has 0 saturated heterocycles. The summed E-state index contributed by atoms with van der Waals surface area (Å²) < 4.78 is 10.4. The van der Waals surface area contributed by atoms with Gasteiger partial charge in [-0.1, -0.05) is 22.9 Å². The van der Waals surface area contributed by atoms with Crippen molar-refractivity contribution in [3.05, 3.63) is 0 Å². The second-order valence-corrected chi connectivity index (χ2v) is 5.21. The van der Waals surface area contributed by atoms with Crippen LogP contribution >= 0.6 is 15.9 Å². The first-order valence-electron chi connectivity index (χ1n) is 4.92. The Morgan fingerprint density at radius 3 is 2.46 bits per heavy atom. The van der Waals surface area contributed by atoms with Gasteiger partial charge in [-0.25, -0.2) is 0 Å². The van der Waals surface area contributed by atoms with Crippen LogP contribution in [0.2, 0.25) is 0 Å². The van der Waals surface area contributed by atoms with Gasteiger partial charge in [0.15, 0.2) is 0 Å². The highest BCUT2D eigenvalue weighted by atomic mass is 79.9. The fourth-order valence-corrected chi connectivity index (χ4v) is 2.21. The topological polar surface area (TPSA) is 18.5 Å². The highest BCUT2D eigenvalue weighted by Gasteiger charge is 2.45. The van der Waals surface area contributed by atoms with Gasteiger partial charge >= 0.3 is 0 Å². The molecule has 1 aliphatic carbocycles. The number of hydrogen-bond donors (Lipinski definition) is 0. The molecule has 1 rings (SSSR count). The molecule has 0 aliphatic heterocycles. The number of methoxy groups -OCH3 is 1. The van der Waals surface area contributed by atoms with Crippen LogP contribution in [0, 0.1) is 5.41 Å². The standard InChI is InChI=1S/C10H19BrO2/c1-9(11)10(3-4-10)5-6-13-8-7-12-2/h9H,3-8H2,1-2H3. The zero-order chi connectivity index (χ0) is 9.73. The third kappa shape index (κ3) is 3.56. The Kier molecular flexibility index (Phi) is 4.70. The smallest absolute Gasteiger partial charge is 0.0700 e. The molecule has 0 aromatic carbocycles. The van der Waals surface area contributed by atoms with E-state index in [1.54, 1.807) is 7.11 Å². The number of ether oxygens (including phenoxy) is 2. The lowest BCUT2D eigenvalue weighted by Gasteiger charge is -2.17. The van der Waals surface area contributed by atoms with Crippen molar-refractivity contribution < 1.29 is 9.47 Å². The Labute approximate surface area is 89.1 Å². The molecule has 3 heteroatoms. The van der Waals surface area contributed by atoms with E-state index in [4.69, 9.17) is 9.47 Å². The number of rotatable bonds is 7. The molecule has 13 heavy (non-hydrogen) atoms. The van der Waals surface area contributed by atoms with Crippen molar-refractivity contribution in [1.29, 1.82) is 0 Å². The average Bonchev–Trinajstić information content (AvgIpc) is 2.85. The summed E-state index contributed by atoms with van der Waals surface area (Å²) in [5.41, 5.74) is 0.549. The summed E-state index contributed by atoms with van der Waals surface area (Å²) >= 11 is 3.66. The minimum Gasteiger partial charge on any atom is -0.382 e. The van der Waals surface area contributed by atoms with Gasteiger partial charge in [-0.2, -0.15) is 0 Å². The van der Waals surface area contributed by atoms with Crippen LogP contribution in [-0.4, -0.2) is 31.8 Å². The van der Waals surface area contributed by atoms with Crippen molar-refractivity contribution in [3.63, 3.8) is 0 Å². The third-order valence-corrected chi connectivity index (χ3v) is 3.88. The van der Waals surface area contributed by atoms with Crippen LogP contribution in [0.5, 0.6) is 0 Å². The van der Waals surface area contributed by atoms with Crippen molar-refractivity contribution in [2.45, 2.75) is 31.0 Å². The van der Waals surface area contributed by atoms with Crippen LogP contribution in [0.4, 0.5) is 0 Å². The maximum atomic E-state index is 5.45. The molecule has 2 nitrogen and oxygen atoms in total. The zero-order valence-corrected chi connectivity index (χ0v) is 10.1. The highest BCUT2D eigenvalue weighted by molar-refractivity contribution is 9.09. The molecule has 0 amide bonds. The van der Waals surface area contributed by atoms with Crippen molar-refractivity contribution in [2.75, 3.05) is 26.9 Å². The van der Waals surface area contributed by atoms with E-state index in [1.807, 2.05) is 0 Å². The maximum Gasteiger partial charge on any atom is 0.0700 e. The van der Waals surface area contributed by atoms with E-state index in [-0.39, 0.29) is 0 Å². The van der Waals surface area contributed by atoms with Crippen LogP contribution in [0.25, 0.3) is 0 Å². The molecule has 0 radical (unpaired) electrons. The Morgan fingerprint density at radius 1 is 1.31 bits per heavy atom. The van der Waals surface area contributed by atoms with Crippen molar-refractivity contribution >= 4 is 15.9 Å². The molecule has 0 bridgehead atoms. The van der Waals surface area contributed by atoms with E-state index in [0.29, 0.717) is 16.8 Å². The largest absolute Gasteiger partial charge is 0.382 e. The van der Waals surface area contributed by atoms with E-state index in [9.17, 15) is 0 Å². The Balaban J connectivity index is 1.99. The molecule has 1 aliphatic rings. The van der Waals surface area contributed by atoms with Crippen LogP contribution in [-0.2, 0) is 9.47 Å². The van der Waals surface area contributed by atoms with Gasteiger partial charge < -0.3 is 9.47 Å². The van der Waals surface area contributed by atoms with E-state index in [2.05, 4.69) is 22.9 Å². The van der Waals surface area contributed by atoms with Crippen LogP contribution < -0.4 is 0 Å². The lowest BCUT2D eigenvalue weighted by atomic mass is 10.00. The summed E-state index contributed by atoms with van der Waals surface area (Å²) in [5.74, 6) is 0. The number of alkyl halides is 1. The Hall–Kier alpha value is 0.400. The number of hydrogen-bond acceptors (Lipinski definition) is 2. The average molecular weight is 251 g/mol. The molecule has 1 atom stereocenters. The predicted molar refractivity (Wildman–Crippen MR) is 57.4 cm³/mol. The lowest BCUT2D eigenvalue weighted by Crippen LogP contribution is -2.15. The summed E-state index contributed by atoms with van der Waals surface area (Å²) in [6, 6.07) is 0. The third-order valence-electron chi connectivity index (χ3n) is 2.91. The molecule has 0 aromatic heterocycles. The van der Waals surface area contributed by atoms with Crippen LogP contribution in [0.15, 0.2) is 0 Å². The van der Waals surface area contributed by atoms with E-state index in [1.165, 1.54) is 19.3 Å². The lowest BCUT2D eigenvalue weighted by molar-refractivity contribution is 0.0621. The van der Waals surface area contributed by atoms with E-state index in [0.717, 1.165) is 13.2 Å². The highest BCUT2D eigenvalue weighted by Crippen LogP contribution is 2.54. The Bertz CT molecular complexity index is 144. The molecule has 0 N–H and O–H groups in total. The summed E-state index contributed by atoms with van der Waals surface area (Å²) in [6.45, 7) is 4.54. The van der Waals surface area contributed by atoms with Gasteiger partial charge in [-0.3, -0.25) is 0 Å². The van der Waals surface area contributed by atoms with Gasteiger partial charge in [0.1, 0.15) is 0 Å². The van der Waals surface area contributed by atoms with Crippen LogP contribution in [0.3, 0.4) is 0 Å². The van der Waals surface area contributed by atoms with Gasteiger partial charge in [0.05, 0.1) is 13.2 Å². The van der Waals surface area contributed by atoms with Gasteiger partial charge in [0.25, 0.3) is 0 Å². The molecule has 0 spiro atoms. The molecule has 1 unspecified atom stereocenters. The molecule has 78 valence electrons. The second-order valence-electron chi connectivity index (χ2n) is 3.83. The normalized spacial score (nSPS) is 21.5. The molecule has 0 heterocycles. The number of halogens is 1. The van der Waals surface area contributed by atoms with Gasteiger partial charge in [0.2, 0.25) is 0 Å². The fourth-order valence-electron chi connectivity index (χ4n) is 1.53. The summed E-state index contributed by atoms with van der Waals surface area (Å²) in [5, 5.41) is 0. The maximum absolute atomic E-state index is 5.45. The fraction of sp³-hybridized carbons (Fsp3) is 1.00. The predicted octanol–water partition coefficient (Wildman–Crippen LogP) is 2.60. The van der Waals surface area contributed by atoms with E-state index >= 15 is 0 Å². The first kappa shape index (κ1) is 11.5.